The van der Waals surface area contributed by atoms with E-state index in [0.717, 1.165) is 12.1 Å². The summed E-state index contributed by atoms with van der Waals surface area (Å²) in [5.41, 5.74) is 2.01. The molecule has 0 bridgehead atoms. The summed E-state index contributed by atoms with van der Waals surface area (Å²) < 4.78 is 7.01. The molecule has 1 fully saturated rings. The SMILES string of the molecule is O=C(COC(=O)c1sccc1-n1cccc1)Nc1cccc(N2CCCC2=O)c1. The molecule has 3 aromatic rings. The maximum atomic E-state index is 12.4. The molecule has 0 radical (unpaired) electrons. The molecule has 7 nitrogen and oxygen atoms in total. The van der Waals surface area contributed by atoms with Crippen LogP contribution in [0.1, 0.15) is 22.5 Å². The Morgan fingerprint density at radius 3 is 2.72 bits per heavy atom. The summed E-state index contributed by atoms with van der Waals surface area (Å²) >= 11 is 1.26. The van der Waals surface area contributed by atoms with Gasteiger partial charge in [0.15, 0.2) is 6.61 Å². The van der Waals surface area contributed by atoms with E-state index >= 15 is 0 Å². The fraction of sp³-hybridized carbons (Fsp3) is 0.190. The summed E-state index contributed by atoms with van der Waals surface area (Å²) in [4.78, 5) is 38.6. The molecule has 1 saturated heterocycles. The van der Waals surface area contributed by atoms with E-state index in [2.05, 4.69) is 5.32 Å². The van der Waals surface area contributed by atoms with Crippen LogP contribution in [0.4, 0.5) is 11.4 Å². The quantitative estimate of drug-likeness (QED) is 0.632. The van der Waals surface area contributed by atoms with Gasteiger partial charge < -0.3 is 19.5 Å². The standard InChI is InChI=1S/C21H19N3O4S/c25-18(22-15-5-3-6-16(13-15)24-11-4-7-19(24)26)14-28-21(27)20-17(8-12-29-20)23-9-1-2-10-23/h1-3,5-6,8-10,12-13H,4,7,11,14H2,(H,22,25). The summed E-state index contributed by atoms with van der Waals surface area (Å²) in [5.74, 6) is -0.908. The summed E-state index contributed by atoms with van der Waals surface area (Å²) in [7, 11) is 0. The number of hydrogen-bond donors (Lipinski definition) is 1. The van der Waals surface area contributed by atoms with Crippen molar-refractivity contribution in [1.29, 1.82) is 0 Å². The number of benzene rings is 1. The van der Waals surface area contributed by atoms with Gasteiger partial charge in [0.25, 0.3) is 5.91 Å². The van der Waals surface area contributed by atoms with Crippen LogP contribution in [0.2, 0.25) is 0 Å². The Balaban J connectivity index is 1.36. The van der Waals surface area contributed by atoms with E-state index in [1.807, 2.05) is 41.2 Å². The number of nitrogens with one attached hydrogen (secondary N) is 1. The predicted octanol–water partition coefficient (Wildman–Crippen LogP) is 3.46. The highest BCUT2D eigenvalue weighted by Gasteiger charge is 2.22. The molecule has 0 saturated carbocycles. The van der Waals surface area contributed by atoms with Gasteiger partial charge in [-0.1, -0.05) is 6.07 Å². The first-order chi connectivity index (χ1) is 14.1. The Hall–Kier alpha value is -3.39. The lowest BCUT2D eigenvalue weighted by Gasteiger charge is -2.16. The van der Waals surface area contributed by atoms with Crippen LogP contribution in [0.5, 0.6) is 0 Å². The van der Waals surface area contributed by atoms with Crippen LogP contribution in [0.15, 0.2) is 60.2 Å². The highest BCUT2D eigenvalue weighted by molar-refractivity contribution is 7.12. The second-order valence-electron chi connectivity index (χ2n) is 6.55. The van der Waals surface area contributed by atoms with Crippen LogP contribution in [0.25, 0.3) is 5.69 Å². The molecule has 2 amide bonds. The van der Waals surface area contributed by atoms with Gasteiger partial charge in [-0.3, -0.25) is 9.59 Å². The molecule has 148 valence electrons. The average molecular weight is 409 g/mol. The number of ether oxygens (including phenoxy) is 1. The van der Waals surface area contributed by atoms with Gasteiger partial charge in [-0.05, 0) is 48.2 Å². The first-order valence-electron chi connectivity index (χ1n) is 9.20. The normalized spacial score (nSPS) is 13.5. The third kappa shape index (κ3) is 4.22. The average Bonchev–Trinajstić information content (AvgIpc) is 3.47. The molecular weight excluding hydrogens is 390 g/mol. The lowest BCUT2D eigenvalue weighted by Crippen LogP contribution is -2.24. The molecule has 29 heavy (non-hydrogen) atoms. The van der Waals surface area contributed by atoms with Gasteiger partial charge in [0, 0.05) is 36.7 Å². The Morgan fingerprint density at radius 2 is 1.97 bits per heavy atom. The number of hydrogen-bond acceptors (Lipinski definition) is 5. The lowest BCUT2D eigenvalue weighted by atomic mass is 10.2. The van der Waals surface area contributed by atoms with Crippen molar-refractivity contribution in [1.82, 2.24) is 4.57 Å². The van der Waals surface area contributed by atoms with Crippen LogP contribution in [0, 0.1) is 0 Å². The van der Waals surface area contributed by atoms with Crippen molar-refractivity contribution in [3.05, 3.63) is 65.1 Å². The van der Waals surface area contributed by atoms with Crippen LogP contribution in [0.3, 0.4) is 0 Å². The number of nitrogens with zero attached hydrogens (tertiary/aromatic N) is 2. The first-order valence-corrected chi connectivity index (χ1v) is 10.1. The van der Waals surface area contributed by atoms with Crippen molar-refractivity contribution >= 4 is 40.5 Å². The second-order valence-corrected chi connectivity index (χ2v) is 7.46. The molecule has 1 aromatic carbocycles. The summed E-state index contributed by atoms with van der Waals surface area (Å²) in [5, 5.41) is 4.51. The zero-order valence-corrected chi connectivity index (χ0v) is 16.4. The lowest BCUT2D eigenvalue weighted by molar-refractivity contribution is -0.119. The molecule has 0 unspecified atom stereocenters. The molecule has 2 aromatic heterocycles. The molecule has 0 aliphatic carbocycles. The van der Waals surface area contributed by atoms with Crippen molar-refractivity contribution in [2.45, 2.75) is 12.8 Å². The summed E-state index contributed by atoms with van der Waals surface area (Å²) in [6.45, 7) is 0.285. The van der Waals surface area contributed by atoms with Crippen molar-refractivity contribution in [2.24, 2.45) is 0 Å². The summed E-state index contributed by atoms with van der Waals surface area (Å²) in [6.07, 6.45) is 5.05. The van der Waals surface area contributed by atoms with E-state index in [-0.39, 0.29) is 5.91 Å². The Labute approximate surface area is 171 Å². The van der Waals surface area contributed by atoms with Gasteiger partial charge in [0.1, 0.15) is 4.88 Å². The van der Waals surface area contributed by atoms with Gasteiger partial charge >= 0.3 is 5.97 Å². The number of aromatic nitrogens is 1. The molecule has 0 spiro atoms. The second kappa shape index (κ2) is 8.32. The number of rotatable bonds is 6. The number of carbonyl (C=O) groups is 3. The number of anilines is 2. The Morgan fingerprint density at radius 1 is 1.14 bits per heavy atom. The highest BCUT2D eigenvalue weighted by Crippen LogP contribution is 2.25. The van der Waals surface area contributed by atoms with E-state index in [4.69, 9.17) is 4.74 Å². The van der Waals surface area contributed by atoms with Gasteiger partial charge in [-0.2, -0.15) is 0 Å². The number of thiophene rings is 1. The van der Waals surface area contributed by atoms with E-state index in [1.54, 1.807) is 28.5 Å². The van der Waals surface area contributed by atoms with E-state index < -0.39 is 18.5 Å². The van der Waals surface area contributed by atoms with E-state index in [9.17, 15) is 14.4 Å². The van der Waals surface area contributed by atoms with Crippen molar-refractivity contribution in [3.63, 3.8) is 0 Å². The zero-order valence-electron chi connectivity index (χ0n) is 15.5. The third-order valence-corrected chi connectivity index (χ3v) is 5.45. The van der Waals surface area contributed by atoms with Gasteiger partial charge in [-0.25, -0.2) is 4.79 Å². The van der Waals surface area contributed by atoms with E-state index in [1.165, 1.54) is 11.3 Å². The molecular formula is C21H19N3O4S. The topological polar surface area (TPSA) is 80.6 Å². The minimum atomic E-state index is -0.546. The van der Waals surface area contributed by atoms with Crippen LogP contribution in [-0.4, -0.2) is 35.5 Å². The number of esters is 1. The predicted molar refractivity (Wildman–Crippen MR) is 111 cm³/mol. The van der Waals surface area contributed by atoms with Crippen LogP contribution < -0.4 is 10.2 Å². The zero-order chi connectivity index (χ0) is 20.2. The maximum absolute atomic E-state index is 12.4. The van der Waals surface area contributed by atoms with Crippen LogP contribution in [-0.2, 0) is 14.3 Å². The van der Waals surface area contributed by atoms with Gasteiger partial charge in [-0.15, -0.1) is 11.3 Å². The number of carbonyl (C=O) groups excluding carboxylic acids is 3. The molecule has 1 aliphatic rings. The van der Waals surface area contributed by atoms with Crippen LogP contribution >= 0.6 is 11.3 Å². The van der Waals surface area contributed by atoms with Gasteiger partial charge in [0.2, 0.25) is 5.91 Å². The van der Waals surface area contributed by atoms with E-state index in [0.29, 0.717) is 29.2 Å². The molecule has 8 heteroatoms. The Bertz CT molecular complexity index is 1040. The highest BCUT2D eigenvalue weighted by atomic mass is 32.1. The molecule has 3 heterocycles. The van der Waals surface area contributed by atoms with Crippen molar-refractivity contribution in [3.8, 4) is 5.69 Å². The third-order valence-electron chi connectivity index (χ3n) is 4.56. The smallest absolute Gasteiger partial charge is 0.350 e. The molecule has 4 rings (SSSR count). The minimum Gasteiger partial charge on any atom is -0.451 e. The fourth-order valence-corrected chi connectivity index (χ4v) is 4.00. The number of amides is 2. The summed E-state index contributed by atoms with van der Waals surface area (Å²) in [6, 6.07) is 12.6. The maximum Gasteiger partial charge on any atom is 0.350 e. The minimum absolute atomic E-state index is 0.0804. The molecule has 1 aliphatic heterocycles. The van der Waals surface area contributed by atoms with Crippen molar-refractivity contribution in [2.75, 3.05) is 23.4 Å². The molecule has 1 N–H and O–H groups in total. The fourth-order valence-electron chi connectivity index (χ4n) is 3.22. The van der Waals surface area contributed by atoms with Crippen molar-refractivity contribution < 1.29 is 19.1 Å². The first kappa shape index (κ1) is 18.9. The largest absolute Gasteiger partial charge is 0.451 e. The molecule has 0 atom stereocenters. The monoisotopic (exact) mass is 409 g/mol. The van der Waals surface area contributed by atoms with Gasteiger partial charge in [0.05, 0.1) is 5.69 Å². The Kier molecular flexibility index (Phi) is 5.44.